The third-order valence-corrected chi connectivity index (χ3v) is 23.7. The van der Waals surface area contributed by atoms with Crippen molar-refractivity contribution in [3.63, 3.8) is 0 Å². The van der Waals surface area contributed by atoms with Crippen LogP contribution in [0.25, 0.3) is 11.2 Å². The SMILES string of the molecule is CCCCCCCCCCOc1ccc(C(=O)Oc2ccc(CSP3(=O)OC[C@H]4O[C@@H](n5cnc6c(N)ncnc65)[C@@H](F)C4OP(=O)(SCc4ccc(OC(=O)c5ccc(OCCCCCCCCCC)cc5)cc4)OC[C@H]4O[C@@H](n5ccc(=O)[nH]c5=O)[C@@H](F)C4O3)cc2)cc1. The summed E-state index contributed by atoms with van der Waals surface area (Å²) in [4.78, 5) is 66.3. The Morgan fingerprint density at radius 1 is 0.573 bits per heavy atom. The fourth-order valence-electron chi connectivity index (χ4n) is 11.0. The summed E-state index contributed by atoms with van der Waals surface area (Å²) in [7, 11) is 0. The number of nitrogens with zero attached hydrogens (tertiary/aromatic N) is 5. The van der Waals surface area contributed by atoms with E-state index in [4.69, 9.17) is 52.2 Å². The fourth-order valence-corrected chi connectivity index (χ4v) is 17.8. The van der Waals surface area contributed by atoms with Crippen molar-refractivity contribution in [2.75, 3.05) is 32.2 Å². The molecule has 0 saturated carbocycles. The van der Waals surface area contributed by atoms with Crippen molar-refractivity contribution in [2.24, 2.45) is 0 Å². The molecule has 0 amide bonds. The minimum Gasteiger partial charge on any atom is -0.494 e. The molecule has 10 rings (SSSR count). The van der Waals surface area contributed by atoms with Crippen LogP contribution in [-0.2, 0) is 48.2 Å². The lowest BCUT2D eigenvalue weighted by Gasteiger charge is -2.30. The number of halogens is 2. The number of ether oxygens (including phenoxy) is 6. The predicted molar refractivity (Wildman–Crippen MR) is 360 cm³/mol. The number of carbonyl (C=O) groups excluding carboxylic acids is 2. The van der Waals surface area contributed by atoms with Gasteiger partial charge in [-0.1, -0.05) is 128 Å². The van der Waals surface area contributed by atoms with Crippen LogP contribution in [0, 0.1) is 0 Å². The van der Waals surface area contributed by atoms with Gasteiger partial charge in [0.25, 0.3) is 5.56 Å². The van der Waals surface area contributed by atoms with E-state index < -0.39 is 99.2 Å². The first kappa shape index (κ1) is 72.0. The van der Waals surface area contributed by atoms with Gasteiger partial charge in [0.2, 0.25) is 0 Å². The molecule has 96 heavy (non-hydrogen) atoms. The summed E-state index contributed by atoms with van der Waals surface area (Å²) < 4.78 is 128. The number of aromatic nitrogens is 6. The molecule has 3 saturated heterocycles. The fraction of sp³-hybridized carbons (Fsp3) is 0.478. The Morgan fingerprint density at radius 2 is 1.00 bits per heavy atom. The Morgan fingerprint density at radius 3 is 1.45 bits per heavy atom. The molecule has 7 aromatic rings. The Labute approximate surface area is 563 Å². The molecule has 23 nitrogen and oxygen atoms in total. The number of alkyl halides is 2. The van der Waals surface area contributed by atoms with Crippen LogP contribution in [0.2, 0.25) is 0 Å². The summed E-state index contributed by atoms with van der Waals surface area (Å²) in [5, 5.41) is 0. The maximum atomic E-state index is 17.5. The van der Waals surface area contributed by atoms with E-state index in [1.165, 1.54) is 112 Å². The van der Waals surface area contributed by atoms with Crippen LogP contribution < -0.4 is 35.9 Å². The summed E-state index contributed by atoms with van der Waals surface area (Å²) in [6.45, 7) is -5.48. The van der Waals surface area contributed by atoms with Gasteiger partial charge in [0.15, 0.2) is 36.3 Å². The van der Waals surface area contributed by atoms with Crippen molar-refractivity contribution in [1.29, 1.82) is 0 Å². The highest BCUT2D eigenvalue weighted by Gasteiger charge is 2.55. The van der Waals surface area contributed by atoms with Gasteiger partial charge in [-0.05, 0) is 120 Å². The quantitative estimate of drug-likeness (QED) is 0.0171. The molecule has 4 aromatic carbocycles. The molecular formula is C67H81F2N7O16P2S2. The van der Waals surface area contributed by atoms with Gasteiger partial charge in [0.05, 0.1) is 43.9 Å². The second kappa shape index (κ2) is 35.1. The summed E-state index contributed by atoms with van der Waals surface area (Å²) >= 11 is 1.26. The molecule has 6 heterocycles. The number of esters is 2. The standard InChI is InChI=1S/C67H81F2N7O16P2S2/c1-3-5-7-9-11-13-15-17-37-83-49-31-23-47(24-32-49)65(78)87-51-27-19-45(20-28-51)41-95-93(81)86-40-54-60(57(69)64(90-54)76-44-73-58-61(70)71-43-72-62(58)76)92-94(82,85-39-53-59(91-93)56(68)63(89-53)75-36-35-55(77)74-67(75)80)96-42-46-21-29-52(30-22-46)88-66(79)48-25-33-50(34-26-48)84-38-18-16-14-12-10-8-6-4-2/h19-36,43-44,53-54,56-57,59-60,63-64H,3-18,37-42H2,1-2H3,(H2,70,71,72)(H,74,77,80)/t53-,54-,56+,57+,59?,60?,63-,64-,93?,94?/m1/s1. The smallest absolute Gasteiger partial charge is 0.389 e. The number of hydrogen-bond donors (Lipinski definition) is 2. The van der Waals surface area contributed by atoms with Gasteiger partial charge in [-0.3, -0.25) is 37.0 Å². The largest absolute Gasteiger partial charge is 0.494 e. The van der Waals surface area contributed by atoms with E-state index in [0.717, 1.165) is 48.8 Å². The highest BCUT2D eigenvalue weighted by Crippen LogP contribution is 2.67. The molecule has 3 aliphatic heterocycles. The van der Waals surface area contributed by atoms with E-state index in [-0.39, 0.29) is 40.0 Å². The van der Waals surface area contributed by atoms with Crippen LogP contribution in [0.3, 0.4) is 0 Å². The summed E-state index contributed by atoms with van der Waals surface area (Å²) in [6.07, 6.45) is 7.45. The lowest BCUT2D eigenvalue weighted by atomic mass is 10.1. The van der Waals surface area contributed by atoms with E-state index in [0.29, 0.717) is 69.7 Å². The second-order valence-electron chi connectivity index (χ2n) is 23.6. The van der Waals surface area contributed by atoms with Crippen molar-refractivity contribution in [2.45, 2.75) is 177 Å². The summed E-state index contributed by atoms with van der Waals surface area (Å²) in [6, 6.07) is 26.9. The maximum absolute atomic E-state index is 17.5. The molecule has 4 unspecified atom stereocenters. The zero-order valence-electron chi connectivity index (χ0n) is 53.5. The number of nitrogens with one attached hydrogen (secondary N) is 1. The molecule has 3 aromatic heterocycles. The zero-order chi connectivity index (χ0) is 67.4. The third kappa shape index (κ3) is 19.7. The van der Waals surface area contributed by atoms with Crippen molar-refractivity contribution < 1.29 is 74.0 Å². The minimum atomic E-state index is -4.72. The first-order valence-electron chi connectivity index (χ1n) is 32.6. The van der Waals surface area contributed by atoms with Gasteiger partial charge in [0.1, 0.15) is 59.3 Å². The first-order valence-corrected chi connectivity index (χ1v) is 38.9. The Hall–Kier alpha value is -6.77. The number of fused-ring (bicyclic) bond motifs is 3. The van der Waals surface area contributed by atoms with E-state index >= 15 is 17.9 Å². The van der Waals surface area contributed by atoms with Crippen molar-refractivity contribution >= 4 is 65.3 Å². The van der Waals surface area contributed by atoms with E-state index in [2.05, 4.69) is 33.8 Å². The minimum absolute atomic E-state index is 0.00748. The molecule has 0 radical (unpaired) electrons. The van der Waals surface area contributed by atoms with Gasteiger partial charge in [-0.2, -0.15) is 0 Å². The van der Waals surface area contributed by atoms with Crippen LogP contribution in [-0.4, -0.2) is 104 Å². The summed E-state index contributed by atoms with van der Waals surface area (Å²) in [5.74, 6) is 0.190. The average Bonchev–Trinajstić information content (AvgIpc) is 1.60. The Kier molecular flexibility index (Phi) is 26.3. The average molecular weight is 1400 g/mol. The topological polar surface area (TPSA) is 285 Å². The molecule has 0 aliphatic carbocycles. The Bertz CT molecular complexity index is 3880. The molecule has 3 aliphatic rings. The predicted octanol–water partition coefficient (Wildman–Crippen LogP) is 14.8. The van der Waals surface area contributed by atoms with Crippen LogP contribution in [0.5, 0.6) is 23.0 Å². The number of H-pyrrole nitrogens is 1. The van der Waals surface area contributed by atoms with Crippen LogP contribution >= 0.6 is 36.4 Å². The van der Waals surface area contributed by atoms with Gasteiger partial charge >= 0.3 is 31.2 Å². The van der Waals surface area contributed by atoms with E-state index in [9.17, 15) is 19.2 Å². The molecule has 516 valence electrons. The normalized spacial score (nSPS) is 23.5. The second-order valence-corrected chi connectivity index (χ2v) is 31.6. The van der Waals surface area contributed by atoms with Gasteiger partial charge in [-0.15, -0.1) is 0 Å². The molecule has 0 bridgehead atoms. The van der Waals surface area contributed by atoms with Gasteiger partial charge in [-0.25, -0.2) is 47.2 Å². The number of benzene rings is 4. The molecule has 3 fully saturated rings. The number of nitrogens with two attached hydrogens (primary N) is 1. The molecule has 10 atom stereocenters. The molecule has 3 N–H and O–H groups in total. The van der Waals surface area contributed by atoms with Crippen LogP contribution in [0.15, 0.2) is 132 Å². The number of aromatic amines is 1. The van der Waals surface area contributed by atoms with Crippen molar-refractivity contribution in [3.8, 4) is 23.0 Å². The van der Waals surface area contributed by atoms with Crippen molar-refractivity contribution in [3.05, 3.63) is 165 Å². The number of anilines is 1. The van der Waals surface area contributed by atoms with Crippen molar-refractivity contribution in [1.82, 2.24) is 29.1 Å². The lowest BCUT2D eigenvalue weighted by molar-refractivity contribution is -0.0559. The summed E-state index contributed by atoms with van der Waals surface area (Å²) in [5.41, 5.74) is 6.09. The number of imidazole rings is 1. The molecular weight excluding hydrogens is 1320 g/mol. The number of hydrogen-bond acceptors (Lipinski definition) is 22. The highest BCUT2D eigenvalue weighted by molar-refractivity contribution is 8.55. The molecule has 0 spiro atoms. The number of rotatable bonds is 32. The van der Waals surface area contributed by atoms with Gasteiger partial charge < -0.3 is 34.2 Å². The van der Waals surface area contributed by atoms with E-state index in [1.807, 2.05) is 0 Å². The lowest BCUT2D eigenvalue weighted by Crippen LogP contribution is -2.37. The van der Waals surface area contributed by atoms with Gasteiger partial charge in [0, 0.05) is 23.8 Å². The number of unbranched alkanes of at least 4 members (excludes halogenated alkanes) is 14. The highest BCUT2D eigenvalue weighted by atomic mass is 32.7. The van der Waals surface area contributed by atoms with Crippen LogP contribution in [0.4, 0.5) is 14.6 Å². The monoisotopic (exact) mass is 1400 g/mol. The zero-order valence-corrected chi connectivity index (χ0v) is 57.0. The van der Waals surface area contributed by atoms with Crippen LogP contribution in [0.1, 0.15) is 161 Å². The Balaban J connectivity index is 0.825. The maximum Gasteiger partial charge on any atom is 0.389 e. The third-order valence-electron chi connectivity index (χ3n) is 16.4. The molecule has 29 heteroatoms. The first-order chi connectivity index (χ1) is 46.6. The number of nitrogen functional groups attached to an aromatic ring is 1. The van der Waals surface area contributed by atoms with E-state index in [1.54, 1.807) is 72.8 Å². The number of carbonyl (C=O) groups is 2.